The molecule has 0 aliphatic carbocycles. The molecule has 4 rings (SSSR count). The fraction of sp³-hybridized carbons (Fsp3) is 0. The Balaban J connectivity index is 1.81. The first-order chi connectivity index (χ1) is 14.2. The zero-order valence-corrected chi connectivity index (χ0v) is 15.3. The quantitative estimate of drug-likeness (QED) is 0.499. The van der Waals surface area contributed by atoms with E-state index in [1.54, 1.807) is 67.0 Å². The molecule has 0 unspecified atom stereocenters. The summed E-state index contributed by atoms with van der Waals surface area (Å²) in [4.78, 5) is 4.56. The van der Waals surface area contributed by atoms with Gasteiger partial charge in [0, 0.05) is 29.0 Å². The number of H-pyrrole nitrogens is 1. The van der Waals surface area contributed by atoms with E-state index in [0.717, 1.165) is 22.4 Å². The second kappa shape index (κ2) is 7.71. The standard InChI is InChI=1S/C23H16N4O2/c1-2-21-19(14-26-27-21)20-13-25-22(16-5-7-17(28)8-6-16)11-23(20)29-18-9-3-15(12-24)4-10-18/h2-11,13-14,28H,1H2,(H,26,27). The van der Waals surface area contributed by atoms with Gasteiger partial charge in [0.25, 0.3) is 0 Å². The summed E-state index contributed by atoms with van der Waals surface area (Å²) in [7, 11) is 0. The molecule has 6 heteroatoms. The smallest absolute Gasteiger partial charge is 0.139 e. The van der Waals surface area contributed by atoms with Crippen molar-refractivity contribution < 1.29 is 9.84 Å². The molecule has 0 fully saturated rings. The Bertz CT molecular complexity index is 1200. The van der Waals surface area contributed by atoms with Crippen molar-refractivity contribution in [3.8, 4) is 45.7 Å². The lowest BCUT2D eigenvalue weighted by atomic mass is 10.0. The highest BCUT2D eigenvalue weighted by molar-refractivity contribution is 5.78. The van der Waals surface area contributed by atoms with Gasteiger partial charge in [-0.05, 0) is 54.6 Å². The Morgan fingerprint density at radius 3 is 2.48 bits per heavy atom. The van der Waals surface area contributed by atoms with Gasteiger partial charge in [-0.2, -0.15) is 10.4 Å². The number of rotatable bonds is 5. The molecule has 0 bridgehead atoms. The van der Waals surface area contributed by atoms with Gasteiger partial charge in [-0.15, -0.1) is 0 Å². The molecule has 2 N–H and O–H groups in total. The third-order valence-corrected chi connectivity index (χ3v) is 4.40. The fourth-order valence-electron chi connectivity index (χ4n) is 2.90. The number of hydrogen-bond acceptors (Lipinski definition) is 5. The van der Waals surface area contributed by atoms with E-state index in [9.17, 15) is 5.11 Å². The van der Waals surface area contributed by atoms with E-state index < -0.39 is 0 Å². The molecule has 0 spiro atoms. The van der Waals surface area contributed by atoms with Crippen LogP contribution in [0.4, 0.5) is 0 Å². The van der Waals surface area contributed by atoms with Gasteiger partial charge in [0.15, 0.2) is 0 Å². The number of hydrogen-bond donors (Lipinski definition) is 2. The largest absolute Gasteiger partial charge is 0.508 e. The highest BCUT2D eigenvalue weighted by atomic mass is 16.5. The minimum Gasteiger partial charge on any atom is -0.508 e. The molecule has 0 aliphatic rings. The Morgan fingerprint density at radius 1 is 1.03 bits per heavy atom. The highest BCUT2D eigenvalue weighted by Crippen LogP contribution is 2.37. The van der Waals surface area contributed by atoms with Crippen LogP contribution in [0.5, 0.6) is 17.2 Å². The van der Waals surface area contributed by atoms with Crippen molar-refractivity contribution in [3.63, 3.8) is 0 Å². The van der Waals surface area contributed by atoms with Gasteiger partial charge >= 0.3 is 0 Å². The molecule has 2 aromatic heterocycles. The summed E-state index contributed by atoms with van der Waals surface area (Å²) in [5.41, 5.74) is 4.42. The van der Waals surface area contributed by atoms with Crippen molar-refractivity contribution in [1.82, 2.24) is 15.2 Å². The third-order valence-electron chi connectivity index (χ3n) is 4.40. The van der Waals surface area contributed by atoms with Gasteiger partial charge in [0.05, 0.1) is 29.2 Å². The Hall–Kier alpha value is -4.37. The normalized spacial score (nSPS) is 10.3. The minimum absolute atomic E-state index is 0.188. The number of ether oxygens (including phenoxy) is 1. The van der Waals surface area contributed by atoms with Gasteiger partial charge in [-0.1, -0.05) is 6.58 Å². The molecule has 29 heavy (non-hydrogen) atoms. The van der Waals surface area contributed by atoms with E-state index in [1.165, 1.54) is 0 Å². The zero-order chi connectivity index (χ0) is 20.2. The monoisotopic (exact) mass is 380 g/mol. The maximum atomic E-state index is 9.53. The summed E-state index contributed by atoms with van der Waals surface area (Å²) >= 11 is 0. The van der Waals surface area contributed by atoms with Crippen LogP contribution in [0.25, 0.3) is 28.5 Å². The van der Waals surface area contributed by atoms with E-state index in [0.29, 0.717) is 22.8 Å². The van der Waals surface area contributed by atoms with Crippen LogP contribution in [0, 0.1) is 11.3 Å². The SMILES string of the molecule is C=Cc1[nH]ncc1-c1cnc(-c2ccc(O)cc2)cc1Oc1ccc(C#N)cc1. The van der Waals surface area contributed by atoms with Crippen molar-refractivity contribution >= 4 is 6.08 Å². The van der Waals surface area contributed by atoms with E-state index in [4.69, 9.17) is 10.00 Å². The molecule has 0 saturated heterocycles. The van der Waals surface area contributed by atoms with Crippen molar-refractivity contribution in [2.24, 2.45) is 0 Å². The zero-order valence-electron chi connectivity index (χ0n) is 15.3. The summed E-state index contributed by atoms with van der Waals surface area (Å²) in [6.45, 7) is 3.81. The van der Waals surface area contributed by atoms with Crippen LogP contribution < -0.4 is 4.74 Å². The molecule has 4 aromatic rings. The van der Waals surface area contributed by atoms with Gasteiger partial charge in [0.1, 0.15) is 17.2 Å². The Labute approximate surface area is 167 Å². The Kier molecular flexibility index (Phi) is 4.79. The number of nitrogens with one attached hydrogen (secondary N) is 1. The number of aromatic nitrogens is 3. The summed E-state index contributed by atoms with van der Waals surface area (Å²) < 4.78 is 6.14. The number of aromatic amines is 1. The van der Waals surface area contributed by atoms with Crippen LogP contribution in [0.2, 0.25) is 0 Å². The van der Waals surface area contributed by atoms with Crippen LogP contribution in [-0.4, -0.2) is 20.3 Å². The van der Waals surface area contributed by atoms with Crippen molar-refractivity contribution in [2.75, 3.05) is 0 Å². The molecule has 0 aliphatic heterocycles. The number of benzene rings is 2. The van der Waals surface area contributed by atoms with Crippen molar-refractivity contribution in [3.05, 3.63) is 84.8 Å². The van der Waals surface area contributed by atoms with Crippen molar-refractivity contribution in [1.29, 1.82) is 5.26 Å². The molecule has 0 amide bonds. The van der Waals surface area contributed by atoms with Crippen LogP contribution >= 0.6 is 0 Å². The number of nitrogens with zero attached hydrogens (tertiary/aromatic N) is 3. The van der Waals surface area contributed by atoms with Crippen LogP contribution in [0.1, 0.15) is 11.3 Å². The predicted octanol–water partition coefficient (Wildman–Crippen LogP) is 5.15. The lowest BCUT2D eigenvalue weighted by molar-refractivity contribution is 0.475. The second-order valence-electron chi connectivity index (χ2n) is 6.25. The highest BCUT2D eigenvalue weighted by Gasteiger charge is 2.15. The maximum absolute atomic E-state index is 9.53. The molecule has 2 aromatic carbocycles. The minimum atomic E-state index is 0.188. The van der Waals surface area contributed by atoms with E-state index in [2.05, 4.69) is 27.8 Å². The van der Waals surface area contributed by atoms with Crippen LogP contribution in [0.3, 0.4) is 0 Å². The first-order valence-corrected chi connectivity index (χ1v) is 8.81. The first-order valence-electron chi connectivity index (χ1n) is 8.81. The van der Waals surface area contributed by atoms with Crippen LogP contribution in [0.15, 0.2) is 73.6 Å². The summed E-state index contributed by atoms with van der Waals surface area (Å²) in [5, 5.41) is 25.5. The number of aromatic hydroxyl groups is 1. The molecular weight excluding hydrogens is 364 g/mol. The van der Waals surface area contributed by atoms with E-state index in [-0.39, 0.29) is 5.75 Å². The Morgan fingerprint density at radius 2 is 1.79 bits per heavy atom. The summed E-state index contributed by atoms with van der Waals surface area (Å²) in [6.07, 6.45) is 5.10. The third kappa shape index (κ3) is 3.70. The lowest BCUT2D eigenvalue weighted by Gasteiger charge is -2.13. The van der Waals surface area contributed by atoms with Gasteiger partial charge in [-0.25, -0.2) is 0 Å². The molecule has 140 valence electrons. The summed E-state index contributed by atoms with van der Waals surface area (Å²) in [6, 6.07) is 17.6. The average molecular weight is 380 g/mol. The van der Waals surface area contributed by atoms with E-state index in [1.807, 2.05) is 6.07 Å². The molecule has 2 heterocycles. The van der Waals surface area contributed by atoms with Crippen LogP contribution in [-0.2, 0) is 0 Å². The maximum Gasteiger partial charge on any atom is 0.139 e. The van der Waals surface area contributed by atoms with Gasteiger partial charge in [-0.3, -0.25) is 10.1 Å². The number of phenolic OH excluding ortho intramolecular Hbond substituents is 1. The summed E-state index contributed by atoms with van der Waals surface area (Å²) in [5.74, 6) is 1.36. The molecular formula is C23H16N4O2. The van der Waals surface area contributed by atoms with Gasteiger partial charge in [0.2, 0.25) is 0 Å². The first kappa shape index (κ1) is 18.0. The average Bonchev–Trinajstić information content (AvgIpc) is 3.23. The fourth-order valence-corrected chi connectivity index (χ4v) is 2.90. The number of phenols is 1. The van der Waals surface area contributed by atoms with Gasteiger partial charge < -0.3 is 9.84 Å². The topological polar surface area (TPSA) is 94.8 Å². The predicted molar refractivity (Wildman–Crippen MR) is 110 cm³/mol. The molecule has 0 saturated carbocycles. The number of pyridine rings is 1. The molecule has 0 radical (unpaired) electrons. The number of nitriles is 1. The second-order valence-corrected chi connectivity index (χ2v) is 6.25. The lowest BCUT2D eigenvalue weighted by Crippen LogP contribution is -1.93. The molecule has 6 nitrogen and oxygen atoms in total. The van der Waals surface area contributed by atoms with E-state index >= 15 is 0 Å². The molecule has 0 atom stereocenters. The van der Waals surface area contributed by atoms with Crippen molar-refractivity contribution in [2.45, 2.75) is 0 Å².